The van der Waals surface area contributed by atoms with Gasteiger partial charge in [0.1, 0.15) is 6.10 Å². The van der Waals surface area contributed by atoms with Crippen molar-refractivity contribution >= 4 is 0 Å². The smallest absolute Gasteiger partial charge is 0.418 e. The van der Waals surface area contributed by atoms with Crippen LogP contribution in [0.2, 0.25) is 0 Å². The molecule has 0 bridgehead atoms. The van der Waals surface area contributed by atoms with Gasteiger partial charge in [-0.15, -0.1) is 0 Å². The van der Waals surface area contributed by atoms with Crippen LogP contribution >= 0.6 is 0 Å². The molecular weight excluding hydrogens is 331 g/mol. The molecule has 0 unspecified atom stereocenters. The summed E-state index contributed by atoms with van der Waals surface area (Å²) in [5, 5.41) is 0. The fraction of sp³-hybridized carbons (Fsp3) is 0.643. The standard InChI is InChI=1S/C14H12F7NO/c1-6-10-8(4-13(6,17)18)11(22-5-9(10)14(19,20)21)23-7-2-12(15,16)3-7/h5-7H,2-4H2,1H3/t6-/m0/s1. The third kappa shape index (κ3) is 2.74. The van der Waals surface area contributed by atoms with Crippen molar-refractivity contribution in [2.24, 2.45) is 0 Å². The van der Waals surface area contributed by atoms with E-state index in [4.69, 9.17) is 4.74 Å². The largest absolute Gasteiger partial charge is 0.474 e. The molecule has 2 aliphatic carbocycles. The lowest BCUT2D eigenvalue weighted by atomic mass is 9.91. The Morgan fingerprint density at radius 1 is 1.17 bits per heavy atom. The van der Waals surface area contributed by atoms with Gasteiger partial charge in [0.05, 0.1) is 5.56 Å². The summed E-state index contributed by atoms with van der Waals surface area (Å²) in [5.74, 6) is -8.32. The van der Waals surface area contributed by atoms with Gasteiger partial charge in [-0.1, -0.05) is 6.92 Å². The van der Waals surface area contributed by atoms with E-state index in [0.717, 1.165) is 6.92 Å². The molecule has 0 amide bonds. The molecular formula is C14H12F7NO. The summed E-state index contributed by atoms with van der Waals surface area (Å²) in [7, 11) is 0. The molecule has 1 saturated carbocycles. The molecule has 1 aromatic rings. The molecule has 1 aromatic heterocycles. The van der Waals surface area contributed by atoms with Crippen LogP contribution in [0.1, 0.15) is 42.4 Å². The fourth-order valence-corrected chi connectivity index (χ4v) is 2.99. The van der Waals surface area contributed by atoms with Crippen LogP contribution in [0.4, 0.5) is 30.7 Å². The molecule has 1 heterocycles. The average Bonchev–Trinajstić information content (AvgIpc) is 2.58. The van der Waals surface area contributed by atoms with Gasteiger partial charge in [0.2, 0.25) is 5.88 Å². The van der Waals surface area contributed by atoms with Crippen LogP contribution in [0, 0.1) is 0 Å². The second-order valence-corrected chi connectivity index (χ2v) is 6.03. The summed E-state index contributed by atoms with van der Waals surface area (Å²) in [6.45, 7) is 1.00. The zero-order chi connectivity index (χ0) is 17.2. The molecule has 1 atom stereocenters. The van der Waals surface area contributed by atoms with Gasteiger partial charge in [-0.05, 0) is 5.56 Å². The predicted octanol–water partition coefficient (Wildman–Crippen LogP) is 4.57. The zero-order valence-electron chi connectivity index (χ0n) is 11.9. The number of pyridine rings is 1. The van der Waals surface area contributed by atoms with Crippen molar-refractivity contribution in [3.8, 4) is 5.88 Å². The first-order valence-corrected chi connectivity index (χ1v) is 6.92. The third-order valence-corrected chi connectivity index (χ3v) is 4.30. The SMILES string of the molecule is C[C@H]1c2c(C(F)(F)F)cnc(OC3CC(F)(F)C3)c2CC1(F)F. The van der Waals surface area contributed by atoms with Gasteiger partial charge in [-0.2, -0.15) is 13.2 Å². The van der Waals surface area contributed by atoms with Crippen molar-refractivity contribution in [1.29, 1.82) is 0 Å². The van der Waals surface area contributed by atoms with Gasteiger partial charge in [0, 0.05) is 36.9 Å². The Balaban J connectivity index is 1.98. The maximum Gasteiger partial charge on any atom is 0.418 e. The first-order valence-electron chi connectivity index (χ1n) is 6.92. The number of halogens is 7. The predicted molar refractivity (Wildman–Crippen MR) is 64.9 cm³/mol. The number of hydrogen-bond donors (Lipinski definition) is 0. The van der Waals surface area contributed by atoms with Gasteiger partial charge in [-0.3, -0.25) is 0 Å². The van der Waals surface area contributed by atoms with E-state index < -0.39 is 66.3 Å². The lowest BCUT2D eigenvalue weighted by Crippen LogP contribution is -2.43. The van der Waals surface area contributed by atoms with Crippen molar-refractivity contribution < 1.29 is 35.5 Å². The van der Waals surface area contributed by atoms with E-state index in [-0.39, 0.29) is 5.56 Å². The van der Waals surface area contributed by atoms with E-state index in [0.29, 0.717) is 6.20 Å². The molecule has 0 saturated heterocycles. The quantitative estimate of drug-likeness (QED) is 0.734. The lowest BCUT2D eigenvalue weighted by Gasteiger charge is -2.34. The highest BCUT2D eigenvalue weighted by molar-refractivity contribution is 5.49. The van der Waals surface area contributed by atoms with Gasteiger partial charge < -0.3 is 4.74 Å². The molecule has 0 N–H and O–H groups in total. The van der Waals surface area contributed by atoms with Crippen LogP contribution in [-0.2, 0) is 12.6 Å². The highest BCUT2D eigenvalue weighted by Crippen LogP contribution is 2.52. The minimum atomic E-state index is -4.83. The van der Waals surface area contributed by atoms with Gasteiger partial charge in [-0.25, -0.2) is 22.5 Å². The Morgan fingerprint density at radius 3 is 2.30 bits per heavy atom. The molecule has 2 aliphatic rings. The second kappa shape index (κ2) is 4.73. The number of aromatic nitrogens is 1. The molecule has 1 fully saturated rings. The van der Waals surface area contributed by atoms with Crippen LogP contribution in [0.25, 0.3) is 0 Å². The topological polar surface area (TPSA) is 22.1 Å². The first-order chi connectivity index (χ1) is 10.4. The summed E-state index contributed by atoms with van der Waals surface area (Å²) < 4.78 is 97.5. The van der Waals surface area contributed by atoms with Crippen LogP contribution < -0.4 is 4.74 Å². The third-order valence-electron chi connectivity index (χ3n) is 4.30. The van der Waals surface area contributed by atoms with E-state index in [1.807, 2.05) is 0 Å². The van der Waals surface area contributed by atoms with Crippen molar-refractivity contribution in [3.05, 3.63) is 22.9 Å². The summed E-state index contributed by atoms with van der Waals surface area (Å²) in [6.07, 6.45) is -7.47. The number of nitrogens with zero attached hydrogens (tertiary/aromatic N) is 1. The van der Waals surface area contributed by atoms with Crippen molar-refractivity contribution in [2.45, 2.75) is 56.2 Å². The molecule has 0 aliphatic heterocycles. The van der Waals surface area contributed by atoms with E-state index in [9.17, 15) is 30.7 Å². The minimum Gasteiger partial charge on any atom is -0.474 e. The monoisotopic (exact) mass is 343 g/mol. The van der Waals surface area contributed by atoms with Crippen LogP contribution in [0.15, 0.2) is 6.20 Å². The van der Waals surface area contributed by atoms with Crippen molar-refractivity contribution in [1.82, 2.24) is 4.98 Å². The Kier molecular flexibility index (Phi) is 3.36. The molecule has 2 nitrogen and oxygen atoms in total. The number of rotatable bonds is 2. The fourth-order valence-electron chi connectivity index (χ4n) is 2.99. The van der Waals surface area contributed by atoms with Gasteiger partial charge in [0.15, 0.2) is 0 Å². The first kappa shape index (κ1) is 16.3. The summed E-state index contributed by atoms with van der Waals surface area (Å²) in [4.78, 5) is 3.47. The van der Waals surface area contributed by atoms with Gasteiger partial charge in [0.25, 0.3) is 11.8 Å². The van der Waals surface area contributed by atoms with Gasteiger partial charge >= 0.3 is 6.18 Å². The van der Waals surface area contributed by atoms with Crippen molar-refractivity contribution in [2.75, 3.05) is 0 Å². The van der Waals surface area contributed by atoms with E-state index in [1.165, 1.54) is 0 Å². The zero-order valence-corrected chi connectivity index (χ0v) is 11.9. The number of fused-ring (bicyclic) bond motifs is 1. The van der Waals surface area contributed by atoms with E-state index in [2.05, 4.69) is 4.98 Å². The Morgan fingerprint density at radius 2 is 1.78 bits per heavy atom. The van der Waals surface area contributed by atoms with Crippen LogP contribution in [0.3, 0.4) is 0 Å². The van der Waals surface area contributed by atoms with Crippen molar-refractivity contribution in [3.63, 3.8) is 0 Å². The molecule has 0 radical (unpaired) electrons. The number of hydrogen-bond acceptors (Lipinski definition) is 2. The highest BCUT2D eigenvalue weighted by Gasteiger charge is 2.52. The molecule has 0 aromatic carbocycles. The van der Waals surface area contributed by atoms with Crippen LogP contribution in [0.5, 0.6) is 5.88 Å². The van der Waals surface area contributed by atoms with Crippen LogP contribution in [-0.4, -0.2) is 22.9 Å². The lowest BCUT2D eigenvalue weighted by molar-refractivity contribution is -0.139. The Labute approximate surface area is 126 Å². The normalized spacial score (nSPS) is 25.8. The average molecular weight is 343 g/mol. The highest BCUT2D eigenvalue weighted by atomic mass is 19.4. The molecule has 0 spiro atoms. The minimum absolute atomic E-state index is 0.340. The maximum atomic E-state index is 13.9. The summed E-state index contributed by atoms with van der Waals surface area (Å²) >= 11 is 0. The molecule has 128 valence electrons. The van der Waals surface area contributed by atoms with E-state index >= 15 is 0 Å². The Hall–Kier alpha value is -1.54. The number of ether oxygens (including phenoxy) is 1. The molecule has 3 rings (SSSR count). The summed E-state index contributed by atoms with van der Waals surface area (Å²) in [5.41, 5.74) is -2.13. The van der Waals surface area contributed by atoms with E-state index in [1.54, 1.807) is 0 Å². The molecule has 23 heavy (non-hydrogen) atoms. The number of alkyl halides is 7. The second-order valence-electron chi connectivity index (χ2n) is 6.03. The maximum absolute atomic E-state index is 13.9. The Bertz CT molecular complexity index is 633. The molecule has 9 heteroatoms. The summed E-state index contributed by atoms with van der Waals surface area (Å²) in [6, 6.07) is 0.